The van der Waals surface area contributed by atoms with E-state index in [-0.39, 0.29) is 5.82 Å². The summed E-state index contributed by atoms with van der Waals surface area (Å²) < 4.78 is 13.3. The number of benzene rings is 1. The summed E-state index contributed by atoms with van der Waals surface area (Å²) in [6.07, 6.45) is 3.66. The van der Waals surface area contributed by atoms with E-state index in [1.165, 1.54) is 25.0 Å². The molecule has 1 aliphatic rings. The van der Waals surface area contributed by atoms with E-state index in [1.807, 2.05) is 0 Å². The molecule has 1 aliphatic carbocycles. The first-order valence-electron chi connectivity index (χ1n) is 7.19. The third kappa shape index (κ3) is 3.62. The molecule has 1 aromatic rings. The molecule has 106 valence electrons. The summed E-state index contributed by atoms with van der Waals surface area (Å²) in [6, 6.07) is 4.91. The molecule has 0 aromatic heterocycles. The van der Waals surface area contributed by atoms with Crippen LogP contribution in [0.15, 0.2) is 18.2 Å². The van der Waals surface area contributed by atoms with Crippen molar-refractivity contribution in [1.29, 1.82) is 0 Å². The third-order valence-corrected chi connectivity index (χ3v) is 4.62. The number of rotatable bonds is 3. The Morgan fingerprint density at radius 2 is 2.05 bits per heavy atom. The van der Waals surface area contributed by atoms with E-state index in [0.717, 1.165) is 18.0 Å². The quantitative estimate of drug-likeness (QED) is 0.788. The maximum atomic E-state index is 13.3. The summed E-state index contributed by atoms with van der Waals surface area (Å²) in [7, 11) is 0. The Balaban J connectivity index is 2.16. The Kier molecular flexibility index (Phi) is 4.72. The lowest BCUT2D eigenvalue weighted by molar-refractivity contribution is 0.212. The number of anilines is 1. The van der Waals surface area contributed by atoms with Crippen molar-refractivity contribution in [2.75, 3.05) is 5.32 Å². The minimum Gasteiger partial charge on any atom is -0.381 e. The second kappa shape index (κ2) is 6.13. The van der Waals surface area contributed by atoms with Crippen LogP contribution in [0.5, 0.6) is 0 Å². The van der Waals surface area contributed by atoms with Crippen molar-refractivity contribution in [3.8, 4) is 0 Å². The molecule has 1 aromatic carbocycles. The summed E-state index contributed by atoms with van der Waals surface area (Å²) in [5.41, 5.74) is 0.728. The van der Waals surface area contributed by atoms with Gasteiger partial charge in [0.1, 0.15) is 5.82 Å². The third-order valence-electron chi connectivity index (χ3n) is 4.29. The second-order valence-corrected chi connectivity index (χ2v) is 6.61. The highest BCUT2D eigenvalue weighted by molar-refractivity contribution is 6.33. The van der Waals surface area contributed by atoms with Gasteiger partial charge in [0.05, 0.1) is 10.7 Å². The Labute approximate surface area is 120 Å². The van der Waals surface area contributed by atoms with Gasteiger partial charge in [-0.1, -0.05) is 38.8 Å². The van der Waals surface area contributed by atoms with Crippen molar-refractivity contribution in [3.63, 3.8) is 0 Å². The molecular formula is C16H23ClFN. The van der Waals surface area contributed by atoms with Crippen LogP contribution in [-0.2, 0) is 0 Å². The lowest BCUT2D eigenvalue weighted by atomic mass is 9.74. The molecule has 1 N–H and O–H groups in total. The lowest BCUT2D eigenvalue weighted by Crippen LogP contribution is -2.37. The number of hydrogen-bond donors (Lipinski definition) is 1. The van der Waals surface area contributed by atoms with Crippen LogP contribution >= 0.6 is 11.6 Å². The summed E-state index contributed by atoms with van der Waals surface area (Å²) in [5.74, 6) is 1.75. The molecule has 0 bridgehead atoms. The van der Waals surface area contributed by atoms with Crippen LogP contribution in [0.4, 0.5) is 10.1 Å². The van der Waals surface area contributed by atoms with Gasteiger partial charge >= 0.3 is 0 Å². The molecule has 0 aliphatic heterocycles. The molecule has 0 spiro atoms. The van der Waals surface area contributed by atoms with Gasteiger partial charge in [0.2, 0.25) is 0 Å². The highest BCUT2D eigenvalue weighted by Crippen LogP contribution is 2.36. The van der Waals surface area contributed by atoms with Gasteiger partial charge < -0.3 is 5.32 Å². The average Bonchev–Trinajstić information content (AvgIpc) is 2.33. The summed E-state index contributed by atoms with van der Waals surface area (Å²) in [5, 5.41) is 4.08. The summed E-state index contributed by atoms with van der Waals surface area (Å²) in [6.45, 7) is 6.82. The fourth-order valence-electron chi connectivity index (χ4n) is 3.18. The zero-order valence-electron chi connectivity index (χ0n) is 11.9. The topological polar surface area (TPSA) is 12.0 Å². The van der Waals surface area contributed by atoms with Crippen LogP contribution in [0.3, 0.4) is 0 Å². The van der Waals surface area contributed by atoms with Gasteiger partial charge in [-0.25, -0.2) is 4.39 Å². The molecule has 0 saturated heterocycles. The van der Waals surface area contributed by atoms with Crippen LogP contribution in [0.1, 0.15) is 40.0 Å². The van der Waals surface area contributed by atoms with Gasteiger partial charge in [0.15, 0.2) is 0 Å². The van der Waals surface area contributed by atoms with Gasteiger partial charge in [-0.05, 0) is 48.8 Å². The smallest absolute Gasteiger partial charge is 0.125 e. The number of nitrogens with one attached hydrogen (secondary N) is 1. The van der Waals surface area contributed by atoms with Gasteiger partial charge in [-0.2, -0.15) is 0 Å². The van der Waals surface area contributed by atoms with E-state index in [4.69, 9.17) is 11.6 Å². The molecular weight excluding hydrogens is 261 g/mol. The van der Waals surface area contributed by atoms with Crippen LogP contribution in [0.2, 0.25) is 5.02 Å². The first-order chi connectivity index (χ1) is 8.97. The van der Waals surface area contributed by atoms with Crippen molar-refractivity contribution in [1.82, 2.24) is 0 Å². The number of halogens is 2. The maximum absolute atomic E-state index is 13.3. The molecule has 1 fully saturated rings. The molecule has 3 heteroatoms. The van der Waals surface area contributed by atoms with Crippen LogP contribution < -0.4 is 5.32 Å². The van der Waals surface area contributed by atoms with Gasteiger partial charge in [-0.3, -0.25) is 0 Å². The van der Waals surface area contributed by atoms with Crippen molar-refractivity contribution in [2.24, 2.45) is 17.8 Å². The molecule has 0 radical (unpaired) electrons. The Hall–Kier alpha value is -0.760. The summed E-state index contributed by atoms with van der Waals surface area (Å²) in [4.78, 5) is 0. The first-order valence-corrected chi connectivity index (χ1v) is 7.56. The Morgan fingerprint density at radius 3 is 2.74 bits per heavy atom. The van der Waals surface area contributed by atoms with E-state index in [0.29, 0.717) is 22.9 Å². The van der Waals surface area contributed by atoms with Crippen LogP contribution in [0.25, 0.3) is 0 Å². The normalized spacial score (nSPS) is 27.6. The fraction of sp³-hybridized carbons (Fsp3) is 0.625. The molecule has 2 rings (SSSR count). The van der Waals surface area contributed by atoms with E-state index >= 15 is 0 Å². The zero-order valence-corrected chi connectivity index (χ0v) is 12.7. The largest absolute Gasteiger partial charge is 0.381 e. The SMILES string of the molecule is CC1CCC(C(C)C)C(Nc2cc(F)ccc2Cl)C1. The molecule has 0 amide bonds. The molecule has 0 heterocycles. The number of hydrogen-bond acceptors (Lipinski definition) is 1. The fourth-order valence-corrected chi connectivity index (χ4v) is 3.35. The zero-order chi connectivity index (χ0) is 14.0. The monoisotopic (exact) mass is 283 g/mol. The maximum Gasteiger partial charge on any atom is 0.125 e. The first kappa shape index (κ1) is 14.6. The highest BCUT2D eigenvalue weighted by atomic mass is 35.5. The molecule has 3 atom stereocenters. The van der Waals surface area contributed by atoms with Crippen LogP contribution in [0, 0.1) is 23.6 Å². The molecule has 19 heavy (non-hydrogen) atoms. The minimum atomic E-state index is -0.239. The van der Waals surface area contributed by atoms with Crippen molar-refractivity contribution >= 4 is 17.3 Å². The van der Waals surface area contributed by atoms with E-state index in [9.17, 15) is 4.39 Å². The van der Waals surface area contributed by atoms with Crippen molar-refractivity contribution < 1.29 is 4.39 Å². The average molecular weight is 284 g/mol. The van der Waals surface area contributed by atoms with E-state index in [2.05, 4.69) is 26.1 Å². The lowest BCUT2D eigenvalue weighted by Gasteiger charge is -2.38. The molecule has 1 saturated carbocycles. The standard InChI is InChI=1S/C16H23ClFN/c1-10(2)13-6-4-11(3)8-15(13)19-16-9-12(18)5-7-14(16)17/h5,7,9-11,13,15,19H,4,6,8H2,1-3H3. The summed E-state index contributed by atoms with van der Waals surface area (Å²) >= 11 is 6.15. The van der Waals surface area contributed by atoms with Gasteiger partial charge in [0, 0.05) is 6.04 Å². The molecule has 1 nitrogen and oxygen atoms in total. The Bertz CT molecular complexity index is 433. The second-order valence-electron chi connectivity index (χ2n) is 6.20. The van der Waals surface area contributed by atoms with E-state index < -0.39 is 0 Å². The van der Waals surface area contributed by atoms with Gasteiger partial charge in [-0.15, -0.1) is 0 Å². The van der Waals surface area contributed by atoms with E-state index in [1.54, 1.807) is 6.07 Å². The molecule has 3 unspecified atom stereocenters. The highest BCUT2D eigenvalue weighted by Gasteiger charge is 2.30. The van der Waals surface area contributed by atoms with Crippen LogP contribution in [-0.4, -0.2) is 6.04 Å². The van der Waals surface area contributed by atoms with Crippen molar-refractivity contribution in [2.45, 2.75) is 46.1 Å². The van der Waals surface area contributed by atoms with Gasteiger partial charge in [0.25, 0.3) is 0 Å². The predicted octanol–water partition coefficient (Wildman–Crippen LogP) is 5.35. The Morgan fingerprint density at radius 1 is 1.32 bits per heavy atom. The van der Waals surface area contributed by atoms with Crippen molar-refractivity contribution in [3.05, 3.63) is 29.0 Å². The predicted molar refractivity (Wildman–Crippen MR) is 80.2 cm³/mol. The minimum absolute atomic E-state index is 0.239.